The van der Waals surface area contributed by atoms with Crippen LogP contribution in [0.3, 0.4) is 0 Å². The highest BCUT2D eigenvalue weighted by Crippen LogP contribution is 2.55. The molecule has 2 aromatic rings. The van der Waals surface area contributed by atoms with Gasteiger partial charge in [-0.15, -0.1) is 6.42 Å². The monoisotopic (exact) mass is 539 g/mol. The standard InChI is InChI=1S/C24H38N5O5PS/c1-5-8-10-12-17(11-9-6-2)35(30,36)34-20-18(14-31-4)33-24(21(20)32-13-7-3)29-16-28-19-22(25)26-15-27-23(19)29/h3,15-18,20-21,24H,5-6,8-14H2,1-2,4H3,(H,30,36)(H2,25,26,27). The molecule has 10 nitrogen and oxygen atoms in total. The quantitative estimate of drug-likeness (QED) is 0.196. The van der Waals surface area contributed by atoms with E-state index >= 15 is 0 Å². The highest BCUT2D eigenvalue weighted by molar-refractivity contribution is 8.09. The maximum Gasteiger partial charge on any atom is 0.189 e. The Morgan fingerprint density at radius 1 is 1.22 bits per heavy atom. The number of methoxy groups -OCH3 is 1. The van der Waals surface area contributed by atoms with E-state index in [0.717, 1.165) is 44.9 Å². The number of unbranched alkanes of at least 4 members (excludes halogenated alkanes) is 3. The summed E-state index contributed by atoms with van der Waals surface area (Å²) >= 11 is 5.80. The lowest BCUT2D eigenvalue weighted by atomic mass is 10.1. The summed E-state index contributed by atoms with van der Waals surface area (Å²) in [5, 5.41) is 0. The number of rotatable bonds is 15. The third-order valence-electron chi connectivity index (χ3n) is 6.40. The lowest BCUT2D eigenvalue weighted by Crippen LogP contribution is -2.38. The van der Waals surface area contributed by atoms with Crippen molar-refractivity contribution in [2.24, 2.45) is 0 Å². The maximum atomic E-state index is 11.6. The number of ether oxygens (including phenoxy) is 3. The number of nitrogens with zero attached hydrogens (tertiary/aromatic N) is 4. The molecule has 12 heteroatoms. The Labute approximate surface area is 218 Å². The van der Waals surface area contributed by atoms with Crippen molar-refractivity contribution in [3.8, 4) is 12.3 Å². The zero-order valence-corrected chi connectivity index (χ0v) is 23.0. The van der Waals surface area contributed by atoms with Crippen LogP contribution >= 0.6 is 6.49 Å². The van der Waals surface area contributed by atoms with Crippen molar-refractivity contribution in [3.63, 3.8) is 0 Å². The predicted octanol–water partition coefficient (Wildman–Crippen LogP) is 3.80. The Balaban J connectivity index is 1.94. The van der Waals surface area contributed by atoms with Gasteiger partial charge in [-0.1, -0.05) is 51.9 Å². The van der Waals surface area contributed by atoms with E-state index in [4.69, 9.17) is 42.7 Å². The molecule has 200 valence electrons. The average Bonchev–Trinajstić information content (AvgIpc) is 3.42. The molecule has 0 aliphatic carbocycles. The van der Waals surface area contributed by atoms with Gasteiger partial charge in [0.2, 0.25) is 0 Å². The number of terminal acetylenes is 1. The summed E-state index contributed by atoms with van der Waals surface area (Å²) in [6.07, 6.45) is 12.6. The summed E-state index contributed by atoms with van der Waals surface area (Å²) in [6.45, 7) is 1.31. The van der Waals surface area contributed by atoms with Crippen molar-refractivity contribution in [1.82, 2.24) is 19.5 Å². The fourth-order valence-electron chi connectivity index (χ4n) is 4.54. The van der Waals surface area contributed by atoms with Crippen LogP contribution in [0, 0.1) is 12.3 Å². The minimum Gasteiger partial charge on any atom is -0.382 e. The number of fused-ring (bicyclic) bond motifs is 1. The fourth-order valence-corrected chi connectivity index (χ4v) is 7.26. The van der Waals surface area contributed by atoms with E-state index in [0.29, 0.717) is 11.2 Å². The van der Waals surface area contributed by atoms with E-state index < -0.39 is 31.0 Å². The number of imidazole rings is 1. The van der Waals surface area contributed by atoms with Gasteiger partial charge in [-0.2, -0.15) is 0 Å². The Hall–Kier alpha value is -1.64. The normalized spacial score (nSPS) is 24.5. The van der Waals surface area contributed by atoms with Gasteiger partial charge in [0.1, 0.15) is 36.8 Å². The third-order valence-corrected chi connectivity index (χ3v) is 9.54. The zero-order chi connectivity index (χ0) is 26.1. The number of hydrogen-bond acceptors (Lipinski definition) is 9. The Morgan fingerprint density at radius 2 is 1.97 bits per heavy atom. The van der Waals surface area contributed by atoms with Gasteiger partial charge in [0.05, 0.1) is 12.9 Å². The van der Waals surface area contributed by atoms with Crippen molar-refractivity contribution in [3.05, 3.63) is 12.7 Å². The highest BCUT2D eigenvalue weighted by Gasteiger charge is 2.50. The first-order chi connectivity index (χ1) is 17.4. The average molecular weight is 540 g/mol. The Bertz CT molecular complexity index is 1060. The highest BCUT2D eigenvalue weighted by atomic mass is 32.5. The first-order valence-electron chi connectivity index (χ1n) is 12.5. The second-order valence-corrected chi connectivity index (χ2v) is 12.6. The van der Waals surface area contributed by atoms with E-state index in [-0.39, 0.29) is 24.7 Å². The first kappa shape index (κ1) is 28.9. The van der Waals surface area contributed by atoms with Crippen LogP contribution in [0.2, 0.25) is 0 Å². The van der Waals surface area contributed by atoms with Crippen molar-refractivity contribution in [1.29, 1.82) is 0 Å². The second-order valence-electron chi connectivity index (χ2n) is 9.01. The minimum absolute atomic E-state index is 0.0257. The molecule has 1 aliphatic rings. The Morgan fingerprint density at radius 3 is 2.67 bits per heavy atom. The lowest BCUT2D eigenvalue weighted by Gasteiger charge is -2.32. The van der Waals surface area contributed by atoms with E-state index in [1.807, 2.05) is 0 Å². The molecule has 0 amide bonds. The van der Waals surface area contributed by atoms with Gasteiger partial charge in [0.25, 0.3) is 0 Å². The van der Waals surface area contributed by atoms with Crippen molar-refractivity contribution < 1.29 is 23.6 Å². The smallest absolute Gasteiger partial charge is 0.189 e. The van der Waals surface area contributed by atoms with Gasteiger partial charge in [-0.05, 0) is 24.6 Å². The molecule has 1 saturated heterocycles. The van der Waals surface area contributed by atoms with Crippen molar-refractivity contribution in [2.45, 2.75) is 89.0 Å². The summed E-state index contributed by atoms with van der Waals surface area (Å²) in [5.41, 5.74) is 6.82. The molecule has 0 spiro atoms. The van der Waals surface area contributed by atoms with Gasteiger partial charge in [0.15, 0.2) is 24.2 Å². The third kappa shape index (κ3) is 6.81. The van der Waals surface area contributed by atoms with E-state index in [9.17, 15) is 4.89 Å². The number of aromatic nitrogens is 4. The molecule has 1 fully saturated rings. The molecule has 1 aliphatic heterocycles. The molecule has 0 saturated carbocycles. The summed E-state index contributed by atoms with van der Waals surface area (Å²) in [4.78, 5) is 24.3. The maximum absolute atomic E-state index is 11.6. The van der Waals surface area contributed by atoms with Crippen LogP contribution in [-0.4, -0.2) is 68.7 Å². The molecule has 2 aromatic heterocycles. The molecule has 3 heterocycles. The molecule has 6 atom stereocenters. The molecule has 0 radical (unpaired) electrons. The lowest BCUT2D eigenvalue weighted by molar-refractivity contribution is -0.0670. The van der Waals surface area contributed by atoms with Gasteiger partial charge in [0, 0.05) is 12.8 Å². The first-order valence-corrected chi connectivity index (χ1v) is 15.2. The fraction of sp³-hybridized carbons (Fsp3) is 0.708. The van der Waals surface area contributed by atoms with Gasteiger partial charge in [-0.25, -0.2) is 15.0 Å². The molecule has 3 rings (SSSR count). The van der Waals surface area contributed by atoms with Gasteiger partial charge >= 0.3 is 0 Å². The van der Waals surface area contributed by atoms with Crippen LogP contribution in [0.15, 0.2) is 12.7 Å². The summed E-state index contributed by atoms with van der Waals surface area (Å²) < 4.78 is 26.0. The van der Waals surface area contributed by atoms with E-state index in [1.165, 1.54) is 6.33 Å². The molecular formula is C24H38N5O5PS. The number of nitrogen functional groups attached to an aromatic ring is 1. The van der Waals surface area contributed by atoms with Crippen LogP contribution in [0.25, 0.3) is 11.2 Å². The number of nitrogens with two attached hydrogens (primary N) is 1. The molecule has 36 heavy (non-hydrogen) atoms. The van der Waals surface area contributed by atoms with E-state index in [1.54, 1.807) is 18.0 Å². The molecule has 0 bridgehead atoms. The Kier molecular flexibility index (Phi) is 11.1. The molecule has 6 unspecified atom stereocenters. The topological polar surface area (TPSA) is 127 Å². The van der Waals surface area contributed by atoms with Crippen LogP contribution in [-0.2, 0) is 30.5 Å². The SMILES string of the molecule is C#CCOC1C(OP(O)(=S)C(CCCC)CCCCC)C(COC)OC1n1cnc2c(N)ncnc21. The van der Waals surface area contributed by atoms with Gasteiger partial charge < -0.3 is 29.4 Å². The van der Waals surface area contributed by atoms with Crippen LogP contribution in [0.1, 0.15) is 65.0 Å². The molecule has 0 aromatic carbocycles. The van der Waals surface area contributed by atoms with Crippen LogP contribution in [0.5, 0.6) is 0 Å². The zero-order valence-electron chi connectivity index (χ0n) is 21.3. The summed E-state index contributed by atoms with van der Waals surface area (Å²) in [5.74, 6) is 2.77. The van der Waals surface area contributed by atoms with Gasteiger partial charge in [-0.3, -0.25) is 4.57 Å². The summed E-state index contributed by atoms with van der Waals surface area (Å²) in [7, 11) is 1.58. The second kappa shape index (κ2) is 13.8. The van der Waals surface area contributed by atoms with Crippen molar-refractivity contribution in [2.75, 3.05) is 26.1 Å². The number of anilines is 1. The molecular weight excluding hydrogens is 501 g/mol. The van der Waals surface area contributed by atoms with Crippen LogP contribution < -0.4 is 5.73 Å². The van der Waals surface area contributed by atoms with E-state index in [2.05, 4.69) is 34.7 Å². The van der Waals surface area contributed by atoms with Crippen LogP contribution in [0.4, 0.5) is 5.82 Å². The molecule has 3 N–H and O–H groups in total. The summed E-state index contributed by atoms with van der Waals surface area (Å²) in [6, 6.07) is 0. The minimum atomic E-state index is -3.22. The largest absolute Gasteiger partial charge is 0.382 e. The predicted molar refractivity (Wildman–Crippen MR) is 143 cm³/mol. The van der Waals surface area contributed by atoms with Crippen molar-refractivity contribution >= 4 is 35.3 Å². The number of hydrogen-bond donors (Lipinski definition) is 2.